The highest BCUT2D eigenvalue weighted by atomic mass is 16.5. The molecule has 0 spiro atoms. The van der Waals surface area contributed by atoms with Gasteiger partial charge in [0.25, 0.3) is 0 Å². The average molecular weight is 247 g/mol. The summed E-state index contributed by atoms with van der Waals surface area (Å²) in [5.41, 5.74) is 7.02. The number of carbonyl (C=O) groups is 1. The highest BCUT2D eigenvalue weighted by molar-refractivity contribution is 5.73. The highest BCUT2D eigenvalue weighted by Crippen LogP contribution is 2.26. The van der Waals surface area contributed by atoms with Gasteiger partial charge in [-0.05, 0) is 25.3 Å². The quantitative estimate of drug-likeness (QED) is 0.836. The Labute approximate surface area is 108 Å². The molecule has 3 heteroatoms. The lowest BCUT2D eigenvalue weighted by molar-refractivity contribution is -0.155. The van der Waals surface area contributed by atoms with Crippen molar-refractivity contribution in [2.24, 2.45) is 11.7 Å². The maximum absolute atomic E-state index is 12.1. The summed E-state index contributed by atoms with van der Waals surface area (Å²) in [5, 5.41) is 0. The van der Waals surface area contributed by atoms with E-state index < -0.39 is 0 Å². The molecule has 1 aromatic carbocycles. The second-order valence-corrected chi connectivity index (χ2v) is 5.04. The van der Waals surface area contributed by atoms with Gasteiger partial charge in [0.15, 0.2) is 0 Å². The summed E-state index contributed by atoms with van der Waals surface area (Å²) >= 11 is 0. The smallest absolute Gasteiger partial charge is 0.311 e. The fourth-order valence-electron chi connectivity index (χ4n) is 2.51. The van der Waals surface area contributed by atoms with Crippen LogP contribution in [0.3, 0.4) is 0 Å². The van der Waals surface area contributed by atoms with E-state index in [9.17, 15) is 4.79 Å². The van der Waals surface area contributed by atoms with E-state index in [-0.39, 0.29) is 24.0 Å². The Morgan fingerprint density at radius 2 is 1.94 bits per heavy atom. The summed E-state index contributed by atoms with van der Waals surface area (Å²) in [5.74, 6) is -0.261. The van der Waals surface area contributed by atoms with E-state index >= 15 is 0 Å². The summed E-state index contributed by atoms with van der Waals surface area (Å²) < 4.78 is 5.53. The molecule has 0 saturated heterocycles. The molecular formula is C15H21NO2. The van der Waals surface area contributed by atoms with Crippen LogP contribution in [0.5, 0.6) is 0 Å². The first-order valence-electron chi connectivity index (χ1n) is 6.69. The molecule has 0 aromatic heterocycles. The molecule has 0 bridgehead atoms. The van der Waals surface area contributed by atoms with Crippen molar-refractivity contribution in [2.45, 2.75) is 44.8 Å². The number of ether oxygens (including phenoxy) is 1. The van der Waals surface area contributed by atoms with Gasteiger partial charge in [-0.3, -0.25) is 4.79 Å². The molecule has 3 nitrogen and oxygen atoms in total. The van der Waals surface area contributed by atoms with Gasteiger partial charge in [-0.15, -0.1) is 0 Å². The molecule has 18 heavy (non-hydrogen) atoms. The molecule has 0 radical (unpaired) electrons. The normalized spacial score (nSPS) is 25.4. The number of carbonyl (C=O) groups excluding carboxylic acids is 1. The zero-order chi connectivity index (χ0) is 13.0. The molecule has 1 aromatic rings. The Balaban J connectivity index is 1.94. The number of rotatable bonds is 3. The van der Waals surface area contributed by atoms with E-state index in [1.165, 1.54) is 0 Å². The van der Waals surface area contributed by atoms with E-state index in [2.05, 4.69) is 0 Å². The molecule has 1 aliphatic rings. The standard InChI is InChI=1S/C15H21NO2/c1-11(12-7-3-2-4-8-12)18-15(17)13-9-5-6-10-14(13)16/h2-4,7-8,11,13-14H,5-6,9-10,16H2,1H3. The second-order valence-electron chi connectivity index (χ2n) is 5.04. The first-order valence-corrected chi connectivity index (χ1v) is 6.69. The number of hydrogen-bond donors (Lipinski definition) is 1. The largest absolute Gasteiger partial charge is 0.458 e. The Kier molecular flexibility index (Phi) is 4.37. The van der Waals surface area contributed by atoms with Crippen molar-refractivity contribution in [3.8, 4) is 0 Å². The molecule has 98 valence electrons. The highest BCUT2D eigenvalue weighted by Gasteiger charge is 2.30. The maximum atomic E-state index is 12.1. The lowest BCUT2D eigenvalue weighted by Gasteiger charge is -2.28. The van der Waals surface area contributed by atoms with Gasteiger partial charge in [0.05, 0.1) is 5.92 Å². The van der Waals surface area contributed by atoms with Gasteiger partial charge in [-0.25, -0.2) is 0 Å². The zero-order valence-corrected chi connectivity index (χ0v) is 10.8. The van der Waals surface area contributed by atoms with Crippen LogP contribution in [0.2, 0.25) is 0 Å². The van der Waals surface area contributed by atoms with E-state index in [0.717, 1.165) is 31.2 Å². The number of esters is 1. The Morgan fingerprint density at radius 1 is 1.28 bits per heavy atom. The Hall–Kier alpha value is -1.35. The van der Waals surface area contributed by atoms with Gasteiger partial charge in [0.2, 0.25) is 0 Å². The molecule has 2 N–H and O–H groups in total. The van der Waals surface area contributed by atoms with Gasteiger partial charge in [0.1, 0.15) is 6.10 Å². The van der Waals surface area contributed by atoms with Gasteiger partial charge < -0.3 is 10.5 Å². The lowest BCUT2D eigenvalue weighted by atomic mass is 9.85. The average Bonchev–Trinajstić information content (AvgIpc) is 2.40. The molecule has 3 atom stereocenters. The predicted octanol–water partition coefficient (Wildman–Crippen LogP) is 2.81. The van der Waals surface area contributed by atoms with Gasteiger partial charge >= 0.3 is 5.97 Å². The van der Waals surface area contributed by atoms with Gasteiger partial charge in [0, 0.05) is 6.04 Å². The zero-order valence-electron chi connectivity index (χ0n) is 10.8. The molecule has 1 fully saturated rings. The minimum absolute atomic E-state index is 0.0331. The number of benzene rings is 1. The Bertz CT molecular complexity index is 391. The van der Waals surface area contributed by atoms with Gasteiger partial charge in [-0.2, -0.15) is 0 Å². The maximum Gasteiger partial charge on any atom is 0.311 e. The van der Waals surface area contributed by atoms with Crippen molar-refractivity contribution in [3.05, 3.63) is 35.9 Å². The van der Waals surface area contributed by atoms with Crippen LogP contribution in [0.1, 0.15) is 44.3 Å². The first kappa shape index (κ1) is 13.1. The van der Waals surface area contributed by atoms with Crippen LogP contribution in [0.4, 0.5) is 0 Å². The van der Waals surface area contributed by atoms with Crippen molar-refractivity contribution in [1.82, 2.24) is 0 Å². The van der Waals surface area contributed by atoms with Crippen molar-refractivity contribution in [2.75, 3.05) is 0 Å². The van der Waals surface area contributed by atoms with Crippen LogP contribution in [-0.2, 0) is 9.53 Å². The van der Waals surface area contributed by atoms with Crippen molar-refractivity contribution in [1.29, 1.82) is 0 Å². The molecule has 2 rings (SSSR count). The van der Waals surface area contributed by atoms with Crippen molar-refractivity contribution >= 4 is 5.97 Å². The van der Waals surface area contributed by atoms with Crippen LogP contribution < -0.4 is 5.73 Å². The fraction of sp³-hybridized carbons (Fsp3) is 0.533. The second kappa shape index (κ2) is 6.01. The molecule has 1 saturated carbocycles. The van der Waals surface area contributed by atoms with Crippen LogP contribution in [0, 0.1) is 5.92 Å². The summed E-state index contributed by atoms with van der Waals surface area (Å²) in [6.45, 7) is 1.90. The fourth-order valence-corrected chi connectivity index (χ4v) is 2.51. The van der Waals surface area contributed by atoms with Crippen LogP contribution in [0.15, 0.2) is 30.3 Å². The summed E-state index contributed by atoms with van der Waals surface area (Å²) in [6, 6.07) is 9.76. The van der Waals surface area contributed by atoms with Gasteiger partial charge in [-0.1, -0.05) is 43.2 Å². The van der Waals surface area contributed by atoms with Crippen molar-refractivity contribution in [3.63, 3.8) is 0 Å². The molecule has 0 aliphatic heterocycles. The summed E-state index contributed by atoms with van der Waals surface area (Å²) in [6.07, 6.45) is 3.79. The monoisotopic (exact) mass is 247 g/mol. The van der Waals surface area contributed by atoms with E-state index in [1.807, 2.05) is 37.3 Å². The minimum atomic E-state index is -0.201. The van der Waals surface area contributed by atoms with E-state index in [4.69, 9.17) is 10.5 Å². The third-order valence-corrected chi connectivity index (χ3v) is 3.68. The number of hydrogen-bond acceptors (Lipinski definition) is 3. The molecular weight excluding hydrogens is 226 g/mol. The third kappa shape index (κ3) is 3.10. The predicted molar refractivity (Wildman–Crippen MR) is 70.9 cm³/mol. The first-order chi connectivity index (χ1) is 8.68. The third-order valence-electron chi connectivity index (χ3n) is 3.68. The molecule has 1 aliphatic carbocycles. The minimum Gasteiger partial charge on any atom is -0.458 e. The summed E-state index contributed by atoms with van der Waals surface area (Å²) in [7, 11) is 0. The Morgan fingerprint density at radius 3 is 2.61 bits per heavy atom. The van der Waals surface area contributed by atoms with Crippen LogP contribution >= 0.6 is 0 Å². The molecule has 0 heterocycles. The lowest BCUT2D eigenvalue weighted by Crippen LogP contribution is -2.39. The van der Waals surface area contributed by atoms with E-state index in [0.29, 0.717) is 0 Å². The summed E-state index contributed by atoms with van der Waals surface area (Å²) in [4.78, 5) is 12.1. The van der Waals surface area contributed by atoms with E-state index in [1.54, 1.807) is 0 Å². The molecule has 0 amide bonds. The number of nitrogens with two attached hydrogens (primary N) is 1. The SMILES string of the molecule is CC(OC(=O)C1CCCCC1N)c1ccccc1. The topological polar surface area (TPSA) is 52.3 Å². The van der Waals surface area contributed by atoms with Crippen molar-refractivity contribution < 1.29 is 9.53 Å². The molecule has 3 unspecified atom stereocenters. The van der Waals surface area contributed by atoms with Crippen LogP contribution in [0.25, 0.3) is 0 Å². The van der Waals surface area contributed by atoms with Crippen LogP contribution in [-0.4, -0.2) is 12.0 Å².